The van der Waals surface area contributed by atoms with Gasteiger partial charge in [0.05, 0.1) is 0 Å². The van der Waals surface area contributed by atoms with Crippen LogP contribution in [-0.4, -0.2) is 0 Å². The summed E-state index contributed by atoms with van der Waals surface area (Å²) >= 11 is 0. The summed E-state index contributed by atoms with van der Waals surface area (Å²) in [7, 11) is 0. The Labute approximate surface area is 93.8 Å². The summed E-state index contributed by atoms with van der Waals surface area (Å²) in [6.45, 7) is 9.34. The van der Waals surface area contributed by atoms with E-state index in [1.54, 1.807) is 11.1 Å². The van der Waals surface area contributed by atoms with E-state index >= 15 is 0 Å². The van der Waals surface area contributed by atoms with Crippen LogP contribution in [0.25, 0.3) is 0 Å². The molecule has 0 aromatic carbocycles. The van der Waals surface area contributed by atoms with Crippen molar-refractivity contribution >= 4 is 0 Å². The molecule has 2 rings (SSSR count). The summed E-state index contributed by atoms with van der Waals surface area (Å²) in [6.07, 6.45) is 10.8. The Morgan fingerprint density at radius 2 is 2.13 bits per heavy atom. The third kappa shape index (κ3) is 1.71. The van der Waals surface area contributed by atoms with Gasteiger partial charge in [0.2, 0.25) is 0 Å². The van der Waals surface area contributed by atoms with E-state index in [0.717, 1.165) is 5.92 Å². The normalized spacial score (nSPS) is 34.8. The molecule has 0 N–H and O–H groups in total. The Morgan fingerprint density at radius 1 is 1.40 bits per heavy atom. The predicted molar refractivity (Wildman–Crippen MR) is 66.7 cm³/mol. The fourth-order valence-electron chi connectivity index (χ4n) is 2.84. The lowest BCUT2D eigenvalue weighted by Gasteiger charge is -2.43. The van der Waals surface area contributed by atoms with Crippen molar-refractivity contribution in [3.63, 3.8) is 0 Å². The summed E-state index contributed by atoms with van der Waals surface area (Å²) in [4.78, 5) is 0. The van der Waals surface area contributed by atoms with Crippen LogP contribution in [0.2, 0.25) is 0 Å². The Morgan fingerprint density at radius 3 is 2.80 bits per heavy atom. The highest BCUT2D eigenvalue weighted by Gasteiger charge is 2.37. The fourth-order valence-corrected chi connectivity index (χ4v) is 2.84. The van der Waals surface area contributed by atoms with Gasteiger partial charge in [0, 0.05) is 0 Å². The van der Waals surface area contributed by atoms with E-state index in [1.165, 1.54) is 24.8 Å². The third-order valence-corrected chi connectivity index (χ3v) is 4.39. The monoisotopic (exact) mass is 202 g/mol. The first kappa shape index (κ1) is 10.7. The van der Waals surface area contributed by atoms with Gasteiger partial charge in [0.15, 0.2) is 0 Å². The highest BCUT2D eigenvalue weighted by molar-refractivity contribution is 5.38. The van der Waals surface area contributed by atoms with E-state index in [1.807, 2.05) is 0 Å². The molecular weight excluding hydrogens is 180 g/mol. The van der Waals surface area contributed by atoms with Gasteiger partial charge in [0.1, 0.15) is 0 Å². The molecule has 0 radical (unpaired) electrons. The van der Waals surface area contributed by atoms with Crippen molar-refractivity contribution < 1.29 is 0 Å². The van der Waals surface area contributed by atoms with Crippen LogP contribution in [0.4, 0.5) is 0 Å². The van der Waals surface area contributed by atoms with Gasteiger partial charge in [0.25, 0.3) is 0 Å². The molecule has 0 aliphatic heterocycles. The maximum absolute atomic E-state index is 2.44. The van der Waals surface area contributed by atoms with Crippen LogP contribution in [0.1, 0.15) is 47.0 Å². The molecule has 0 saturated carbocycles. The average molecular weight is 202 g/mol. The number of allylic oxidation sites excluding steroid dienone is 6. The second-order valence-corrected chi connectivity index (χ2v) is 5.60. The lowest BCUT2D eigenvalue weighted by molar-refractivity contribution is 0.244. The minimum atomic E-state index is 0.402. The molecule has 0 aromatic heterocycles. The Bertz CT molecular complexity index is 350. The van der Waals surface area contributed by atoms with Crippen LogP contribution in [0.3, 0.4) is 0 Å². The van der Waals surface area contributed by atoms with Gasteiger partial charge in [-0.05, 0) is 50.0 Å². The van der Waals surface area contributed by atoms with Crippen LogP contribution >= 0.6 is 0 Å². The van der Waals surface area contributed by atoms with Crippen molar-refractivity contribution in [1.29, 1.82) is 0 Å². The van der Waals surface area contributed by atoms with Crippen LogP contribution in [0.15, 0.2) is 34.9 Å². The summed E-state index contributed by atoms with van der Waals surface area (Å²) < 4.78 is 0. The van der Waals surface area contributed by atoms with Crippen molar-refractivity contribution in [2.45, 2.75) is 47.0 Å². The number of fused-ring (bicyclic) bond motifs is 1. The third-order valence-electron chi connectivity index (χ3n) is 4.39. The van der Waals surface area contributed by atoms with Crippen molar-refractivity contribution in [2.24, 2.45) is 11.3 Å². The molecule has 15 heavy (non-hydrogen) atoms. The minimum absolute atomic E-state index is 0.402. The zero-order chi connectivity index (χ0) is 11.1. The van der Waals surface area contributed by atoms with Gasteiger partial charge in [-0.25, -0.2) is 0 Å². The highest BCUT2D eigenvalue weighted by atomic mass is 14.4. The van der Waals surface area contributed by atoms with E-state index in [2.05, 4.69) is 45.9 Å². The lowest BCUT2D eigenvalue weighted by Crippen LogP contribution is -2.32. The minimum Gasteiger partial charge on any atom is -0.0840 e. The standard InChI is InChI=1S/C15H22/c1-11(2)13-8-9-14-7-5-6-12(3)15(14,4)10-13/h5,7,9,12H,6,8,10H2,1-4H3/t12-,15+/m0/s1. The molecule has 0 amide bonds. The second-order valence-electron chi connectivity index (χ2n) is 5.60. The molecule has 0 heteroatoms. The van der Waals surface area contributed by atoms with Crippen LogP contribution in [0, 0.1) is 11.3 Å². The van der Waals surface area contributed by atoms with Gasteiger partial charge in [-0.3, -0.25) is 0 Å². The quantitative estimate of drug-likeness (QED) is 0.502. The summed E-state index contributed by atoms with van der Waals surface area (Å²) in [5, 5.41) is 0. The zero-order valence-corrected chi connectivity index (χ0v) is 10.4. The Balaban J connectivity index is 2.41. The van der Waals surface area contributed by atoms with Crippen molar-refractivity contribution in [3.8, 4) is 0 Å². The molecule has 2 atom stereocenters. The van der Waals surface area contributed by atoms with Gasteiger partial charge in [-0.2, -0.15) is 0 Å². The SMILES string of the molecule is CC(C)=C1CC=C2C=CC[C@H](C)[C@@]2(C)C1. The molecule has 2 aliphatic carbocycles. The van der Waals surface area contributed by atoms with Gasteiger partial charge < -0.3 is 0 Å². The summed E-state index contributed by atoms with van der Waals surface area (Å²) in [6, 6.07) is 0. The lowest BCUT2D eigenvalue weighted by atomic mass is 9.61. The van der Waals surface area contributed by atoms with Crippen molar-refractivity contribution in [3.05, 3.63) is 34.9 Å². The second kappa shape index (κ2) is 3.66. The maximum Gasteiger partial charge on any atom is -0.00126 e. The largest absolute Gasteiger partial charge is 0.0840 e. The fraction of sp³-hybridized carbons (Fsp3) is 0.600. The topological polar surface area (TPSA) is 0 Å². The molecule has 0 aromatic rings. The average Bonchev–Trinajstić information content (AvgIpc) is 2.19. The highest BCUT2D eigenvalue weighted by Crippen LogP contribution is 2.49. The zero-order valence-electron chi connectivity index (χ0n) is 10.4. The van der Waals surface area contributed by atoms with Gasteiger partial charge in [-0.1, -0.05) is 43.2 Å². The number of hydrogen-bond acceptors (Lipinski definition) is 0. The van der Waals surface area contributed by atoms with Crippen LogP contribution < -0.4 is 0 Å². The molecular formula is C15H22. The predicted octanol–water partition coefficient (Wildman–Crippen LogP) is 4.65. The van der Waals surface area contributed by atoms with Crippen LogP contribution in [0.5, 0.6) is 0 Å². The number of hydrogen-bond donors (Lipinski definition) is 0. The smallest absolute Gasteiger partial charge is 0.00126 e. The Kier molecular flexibility index (Phi) is 2.62. The van der Waals surface area contributed by atoms with Crippen LogP contribution in [-0.2, 0) is 0 Å². The van der Waals surface area contributed by atoms with Gasteiger partial charge >= 0.3 is 0 Å². The summed E-state index contributed by atoms with van der Waals surface area (Å²) in [5.41, 5.74) is 5.16. The molecule has 0 unspecified atom stereocenters. The van der Waals surface area contributed by atoms with Crippen molar-refractivity contribution in [2.75, 3.05) is 0 Å². The summed E-state index contributed by atoms with van der Waals surface area (Å²) in [5.74, 6) is 0.781. The van der Waals surface area contributed by atoms with E-state index in [-0.39, 0.29) is 0 Å². The molecule has 0 bridgehead atoms. The molecule has 0 nitrogen and oxygen atoms in total. The molecule has 0 fully saturated rings. The van der Waals surface area contributed by atoms with E-state index in [0.29, 0.717) is 5.41 Å². The number of rotatable bonds is 0. The van der Waals surface area contributed by atoms with E-state index < -0.39 is 0 Å². The first-order valence-electron chi connectivity index (χ1n) is 6.06. The first-order valence-corrected chi connectivity index (χ1v) is 6.06. The van der Waals surface area contributed by atoms with Crippen molar-refractivity contribution in [1.82, 2.24) is 0 Å². The molecule has 0 heterocycles. The Hall–Kier alpha value is -0.780. The van der Waals surface area contributed by atoms with E-state index in [9.17, 15) is 0 Å². The van der Waals surface area contributed by atoms with Gasteiger partial charge in [-0.15, -0.1) is 0 Å². The molecule has 2 aliphatic rings. The maximum atomic E-state index is 2.44. The molecule has 82 valence electrons. The van der Waals surface area contributed by atoms with E-state index in [4.69, 9.17) is 0 Å². The molecule has 0 spiro atoms. The first-order chi connectivity index (χ1) is 7.04. The molecule has 0 saturated heterocycles.